The standard InChI is InChI=1S/C24H28N6O3/c25-15-19(16-27-8-9-30-10-12-32-13-11-30)18-14-21(26)24(28-17-18)7-6-22(24)29-23(31)33-20-4-2-1-3-5-20/h1-6,14-17,25-27H,7-13H2,(H,29,31)/b19-16+,25-15?,26-21?. The molecule has 1 spiro atoms. The molecule has 1 unspecified atom stereocenters. The van der Waals surface area contributed by atoms with Gasteiger partial charge in [0.05, 0.1) is 24.6 Å². The van der Waals surface area contributed by atoms with Crippen LogP contribution in [0.5, 0.6) is 5.75 Å². The van der Waals surface area contributed by atoms with Crippen molar-refractivity contribution < 1.29 is 14.3 Å². The zero-order valence-corrected chi connectivity index (χ0v) is 18.3. The first-order chi connectivity index (χ1) is 16.1. The molecule has 9 heteroatoms. The quantitative estimate of drug-likeness (QED) is 0.359. The molecule has 1 fully saturated rings. The lowest BCUT2D eigenvalue weighted by molar-refractivity contribution is 0.0388. The predicted molar refractivity (Wildman–Crippen MR) is 127 cm³/mol. The molecule has 3 aliphatic rings. The largest absolute Gasteiger partial charge is 0.416 e. The summed E-state index contributed by atoms with van der Waals surface area (Å²) in [5, 5.41) is 22.3. The monoisotopic (exact) mass is 448 g/mol. The lowest BCUT2D eigenvalue weighted by Gasteiger charge is -2.39. The number of hydrogen-bond acceptors (Lipinski definition) is 8. The number of allylic oxidation sites excluding steroid dienone is 2. The number of benzene rings is 1. The Morgan fingerprint density at radius 3 is 2.73 bits per heavy atom. The molecule has 0 bridgehead atoms. The van der Waals surface area contributed by atoms with Gasteiger partial charge in [-0.25, -0.2) is 4.79 Å². The van der Waals surface area contributed by atoms with Crippen LogP contribution in [-0.4, -0.2) is 74.1 Å². The number of aliphatic imine (C=N–C) groups is 1. The summed E-state index contributed by atoms with van der Waals surface area (Å²) in [5.41, 5.74) is 1.21. The minimum absolute atomic E-state index is 0.263. The van der Waals surface area contributed by atoms with Crippen molar-refractivity contribution >= 4 is 24.2 Å². The van der Waals surface area contributed by atoms with Gasteiger partial charge in [0.15, 0.2) is 0 Å². The van der Waals surface area contributed by atoms with Gasteiger partial charge < -0.3 is 25.6 Å². The molecule has 0 aromatic heterocycles. The van der Waals surface area contributed by atoms with Crippen LogP contribution in [0.4, 0.5) is 4.79 Å². The summed E-state index contributed by atoms with van der Waals surface area (Å²) in [6, 6.07) is 8.80. The van der Waals surface area contributed by atoms with Crippen LogP contribution in [0.3, 0.4) is 0 Å². The van der Waals surface area contributed by atoms with Gasteiger partial charge in [-0.05, 0) is 18.2 Å². The van der Waals surface area contributed by atoms with Crippen LogP contribution in [0.15, 0.2) is 70.5 Å². The van der Waals surface area contributed by atoms with E-state index in [2.05, 4.69) is 20.5 Å². The molecular formula is C24H28N6O3. The number of nitrogens with zero attached hydrogens (tertiary/aromatic N) is 2. The van der Waals surface area contributed by atoms with E-state index in [1.165, 1.54) is 6.21 Å². The van der Waals surface area contributed by atoms with E-state index in [1.54, 1.807) is 42.8 Å². The van der Waals surface area contributed by atoms with Crippen molar-refractivity contribution in [3.8, 4) is 5.75 Å². The Bertz CT molecular complexity index is 1020. The number of hydrogen-bond donors (Lipinski definition) is 4. The second-order valence-corrected chi connectivity index (χ2v) is 7.93. The first-order valence-electron chi connectivity index (χ1n) is 11.0. The highest BCUT2D eigenvalue weighted by molar-refractivity contribution is 6.14. The van der Waals surface area contributed by atoms with Crippen molar-refractivity contribution in [1.82, 2.24) is 15.5 Å². The van der Waals surface area contributed by atoms with Crippen molar-refractivity contribution in [3.63, 3.8) is 0 Å². The SMILES string of the molecule is N=C/C(=C\NCCN1CCOCC1)C1=CC(=N)C2(CC=C2NC(=O)Oc2ccccc2)N=C1. The maximum absolute atomic E-state index is 12.3. The van der Waals surface area contributed by atoms with Gasteiger partial charge in [0, 0.05) is 62.4 Å². The minimum Gasteiger partial charge on any atom is -0.410 e. The fourth-order valence-corrected chi connectivity index (χ4v) is 3.82. The second-order valence-electron chi connectivity index (χ2n) is 7.93. The fraction of sp³-hybridized carbons (Fsp3) is 0.333. The van der Waals surface area contributed by atoms with Gasteiger partial charge in [-0.2, -0.15) is 0 Å². The molecule has 1 aromatic rings. The molecule has 2 aliphatic heterocycles. The van der Waals surface area contributed by atoms with Crippen LogP contribution >= 0.6 is 0 Å². The average molecular weight is 449 g/mol. The summed E-state index contributed by atoms with van der Waals surface area (Å²) in [5.74, 6) is 0.440. The average Bonchev–Trinajstić information content (AvgIpc) is 2.83. The molecule has 172 valence electrons. The van der Waals surface area contributed by atoms with E-state index in [4.69, 9.17) is 20.3 Å². The summed E-state index contributed by atoms with van der Waals surface area (Å²) in [4.78, 5) is 19.2. The summed E-state index contributed by atoms with van der Waals surface area (Å²) < 4.78 is 10.6. The predicted octanol–water partition coefficient (Wildman–Crippen LogP) is 2.29. The molecule has 2 heterocycles. The van der Waals surface area contributed by atoms with Crippen LogP contribution in [-0.2, 0) is 4.74 Å². The number of dihydropyridines is 1. The number of nitrogens with one attached hydrogen (secondary N) is 4. The third kappa shape index (κ3) is 5.27. The Morgan fingerprint density at radius 2 is 2.06 bits per heavy atom. The molecule has 4 N–H and O–H groups in total. The fourth-order valence-electron chi connectivity index (χ4n) is 3.82. The second kappa shape index (κ2) is 10.4. The van der Waals surface area contributed by atoms with E-state index < -0.39 is 11.6 Å². The molecule has 1 atom stereocenters. The Kier molecular flexibility index (Phi) is 7.11. The van der Waals surface area contributed by atoms with Crippen LogP contribution in [0, 0.1) is 10.8 Å². The highest BCUT2D eigenvalue weighted by Gasteiger charge is 2.45. The Morgan fingerprint density at radius 1 is 1.27 bits per heavy atom. The topological polar surface area (TPSA) is 123 Å². The normalized spacial score (nSPS) is 22.8. The Labute approximate surface area is 192 Å². The summed E-state index contributed by atoms with van der Waals surface area (Å²) in [7, 11) is 0. The van der Waals surface area contributed by atoms with Gasteiger partial charge in [-0.15, -0.1) is 0 Å². The van der Waals surface area contributed by atoms with Crippen LogP contribution < -0.4 is 15.4 Å². The van der Waals surface area contributed by atoms with Crippen LogP contribution in [0.1, 0.15) is 6.42 Å². The van der Waals surface area contributed by atoms with Crippen LogP contribution in [0.2, 0.25) is 0 Å². The molecule has 1 saturated heterocycles. The van der Waals surface area contributed by atoms with Crippen molar-refractivity contribution in [2.45, 2.75) is 12.0 Å². The molecule has 9 nitrogen and oxygen atoms in total. The van der Waals surface area contributed by atoms with E-state index in [1.807, 2.05) is 12.1 Å². The molecule has 1 amide bonds. The summed E-state index contributed by atoms with van der Waals surface area (Å²) in [6.45, 7) is 5.05. The molecule has 1 aliphatic carbocycles. The lowest BCUT2D eigenvalue weighted by atomic mass is 9.75. The first kappa shape index (κ1) is 22.6. The molecule has 33 heavy (non-hydrogen) atoms. The van der Waals surface area contributed by atoms with Crippen LogP contribution in [0.25, 0.3) is 0 Å². The van der Waals surface area contributed by atoms with E-state index in [9.17, 15) is 4.79 Å². The van der Waals surface area contributed by atoms with Crippen molar-refractivity contribution in [2.75, 3.05) is 39.4 Å². The van der Waals surface area contributed by atoms with Gasteiger partial charge >= 0.3 is 6.09 Å². The zero-order valence-electron chi connectivity index (χ0n) is 18.3. The molecule has 1 aromatic carbocycles. The van der Waals surface area contributed by atoms with Gasteiger partial charge in [-0.1, -0.05) is 24.3 Å². The number of ether oxygens (including phenoxy) is 2. The number of morpholine rings is 1. The van der Waals surface area contributed by atoms with Gasteiger partial charge in [0.1, 0.15) is 11.3 Å². The smallest absolute Gasteiger partial charge is 0.410 e. The van der Waals surface area contributed by atoms with Crippen molar-refractivity contribution in [1.29, 1.82) is 10.8 Å². The zero-order chi connectivity index (χ0) is 23.1. The molecule has 0 saturated carbocycles. The minimum atomic E-state index is -0.907. The van der Waals surface area contributed by atoms with E-state index in [-0.39, 0.29) is 5.71 Å². The van der Waals surface area contributed by atoms with E-state index >= 15 is 0 Å². The number of carbonyl (C=O) groups is 1. The Balaban J connectivity index is 1.33. The van der Waals surface area contributed by atoms with Gasteiger partial charge in [-0.3, -0.25) is 15.2 Å². The molecule has 0 radical (unpaired) electrons. The first-order valence-corrected chi connectivity index (χ1v) is 11.0. The van der Waals surface area contributed by atoms with Gasteiger partial charge in [0.2, 0.25) is 0 Å². The third-order valence-electron chi connectivity index (χ3n) is 5.83. The molecule has 4 rings (SSSR count). The number of carbonyl (C=O) groups excluding carboxylic acids is 1. The highest BCUT2D eigenvalue weighted by Crippen LogP contribution is 2.38. The maximum Gasteiger partial charge on any atom is 0.416 e. The number of para-hydroxylation sites is 1. The van der Waals surface area contributed by atoms with Gasteiger partial charge in [0.25, 0.3) is 0 Å². The number of rotatable bonds is 8. The third-order valence-corrected chi connectivity index (χ3v) is 5.83. The van der Waals surface area contributed by atoms with E-state index in [0.29, 0.717) is 29.0 Å². The molecular weight excluding hydrogens is 420 g/mol. The maximum atomic E-state index is 12.3. The highest BCUT2D eigenvalue weighted by atomic mass is 16.6. The lowest BCUT2D eigenvalue weighted by Crippen LogP contribution is -2.51. The summed E-state index contributed by atoms with van der Waals surface area (Å²) >= 11 is 0. The van der Waals surface area contributed by atoms with E-state index in [0.717, 1.165) is 39.4 Å². The van der Waals surface area contributed by atoms with Crippen molar-refractivity contribution in [3.05, 3.63) is 65.5 Å². The Hall–Kier alpha value is -3.56. The number of amides is 1. The summed E-state index contributed by atoms with van der Waals surface area (Å²) in [6.07, 6.45) is 8.13. The van der Waals surface area contributed by atoms with Crippen molar-refractivity contribution in [2.24, 2.45) is 4.99 Å².